The van der Waals surface area contributed by atoms with Crippen molar-refractivity contribution in [3.05, 3.63) is 119 Å². The van der Waals surface area contributed by atoms with E-state index in [1.165, 1.54) is 22.0 Å². The summed E-state index contributed by atoms with van der Waals surface area (Å²) in [6.07, 6.45) is 6.25. The number of para-hydroxylation sites is 1. The molecule has 11 heteroatoms. The minimum Gasteiger partial charge on any atom is -0.508 e. The number of phenols is 1. The van der Waals surface area contributed by atoms with Crippen molar-refractivity contribution >= 4 is 27.7 Å². The number of benzene rings is 3. The van der Waals surface area contributed by atoms with Gasteiger partial charge in [-0.3, -0.25) is 14.6 Å². The zero-order valence-corrected chi connectivity index (χ0v) is 27.8. The lowest BCUT2D eigenvalue weighted by molar-refractivity contribution is 0.0960. The van der Waals surface area contributed by atoms with Crippen LogP contribution in [0.4, 0.5) is 0 Å². The molecule has 0 aliphatic carbocycles. The molecule has 49 heavy (non-hydrogen) atoms. The maximum Gasteiger partial charge on any atom is 0.252 e. The number of fused-ring (bicyclic) bond motifs is 3. The highest BCUT2D eigenvalue weighted by Crippen LogP contribution is 2.38. The molecule has 1 amide bonds. The number of nitrogens with one attached hydrogen (secondary N) is 3. The van der Waals surface area contributed by atoms with Crippen LogP contribution >= 0.6 is 0 Å². The molecule has 11 nitrogen and oxygen atoms in total. The monoisotopic (exact) mass is 657 g/mol. The first-order valence-corrected chi connectivity index (χ1v) is 17.1. The molecule has 0 spiro atoms. The number of carbonyl (C=O) groups is 1. The topological polar surface area (TPSA) is 132 Å². The van der Waals surface area contributed by atoms with E-state index in [0.29, 0.717) is 31.7 Å². The predicted molar refractivity (Wildman–Crippen MR) is 191 cm³/mol. The second-order valence-electron chi connectivity index (χ2n) is 13.4. The summed E-state index contributed by atoms with van der Waals surface area (Å²) in [5.41, 5.74) is 15.0. The van der Waals surface area contributed by atoms with Crippen molar-refractivity contribution in [2.45, 2.75) is 32.2 Å². The van der Waals surface area contributed by atoms with Gasteiger partial charge >= 0.3 is 0 Å². The Kier molecular flexibility index (Phi) is 8.42. The van der Waals surface area contributed by atoms with E-state index in [4.69, 9.17) is 5.73 Å². The number of piperazine rings is 1. The van der Waals surface area contributed by atoms with Gasteiger partial charge < -0.3 is 35.6 Å². The van der Waals surface area contributed by atoms with Crippen LogP contribution in [0.3, 0.4) is 0 Å². The minimum absolute atomic E-state index is 0.126. The standard InChI is InChI=1S/C38H43N9O2/c1-44-22-27(41-24-44)23-47-21-26(20-46-14-12-45(11-10-39)13-15-46)29-8-6-25(16-35(29)47)18-40-19-34-36(31-4-2-3-5-33(31)42-34)37-32-17-28(48)7-9-30(32)38(49)43-37/h2-9,16-17,21-22,24,37,40,42,48H,10-15,18-20,23,39H2,1H3,(H,43,49). The first kappa shape index (κ1) is 31.3. The Morgan fingerprint density at radius 2 is 1.80 bits per heavy atom. The van der Waals surface area contributed by atoms with Gasteiger partial charge in [-0.15, -0.1) is 0 Å². The normalized spacial score (nSPS) is 16.9. The smallest absolute Gasteiger partial charge is 0.252 e. The zero-order chi connectivity index (χ0) is 33.5. The molecule has 6 N–H and O–H groups in total. The SMILES string of the molecule is Cn1cnc(Cn2cc(CN3CCN(CCN)CC3)c3ccc(CNCc4[nH]c5ccccc5c4C4NC(=O)c5ccc(O)cc54)cc32)c1. The summed E-state index contributed by atoms with van der Waals surface area (Å²) in [5.74, 6) is 0.0237. The van der Waals surface area contributed by atoms with Gasteiger partial charge in [-0.25, -0.2) is 4.98 Å². The summed E-state index contributed by atoms with van der Waals surface area (Å²) >= 11 is 0. The predicted octanol–water partition coefficient (Wildman–Crippen LogP) is 3.81. The van der Waals surface area contributed by atoms with Gasteiger partial charge in [0, 0.05) is 117 Å². The lowest BCUT2D eigenvalue weighted by atomic mass is 9.95. The molecule has 0 radical (unpaired) electrons. The van der Waals surface area contributed by atoms with E-state index in [9.17, 15) is 9.90 Å². The van der Waals surface area contributed by atoms with E-state index >= 15 is 0 Å². The molecule has 1 saturated heterocycles. The van der Waals surface area contributed by atoms with Crippen LogP contribution in [0, 0.1) is 0 Å². The molecule has 0 saturated carbocycles. The van der Waals surface area contributed by atoms with Crippen molar-refractivity contribution in [2.24, 2.45) is 12.8 Å². The Morgan fingerprint density at radius 3 is 2.61 bits per heavy atom. The molecule has 1 fully saturated rings. The number of aromatic nitrogens is 4. The van der Waals surface area contributed by atoms with E-state index in [2.05, 4.69) is 77.7 Å². The molecule has 8 rings (SSSR count). The van der Waals surface area contributed by atoms with Crippen LogP contribution in [-0.2, 0) is 33.2 Å². The zero-order valence-electron chi connectivity index (χ0n) is 27.8. The minimum atomic E-state index is -0.351. The number of hydrogen-bond acceptors (Lipinski definition) is 7. The maximum atomic E-state index is 12.9. The summed E-state index contributed by atoms with van der Waals surface area (Å²) < 4.78 is 4.33. The lowest BCUT2D eigenvalue weighted by Crippen LogP contribution is -2.47. The fraction of sp³-hybridized carbons (Fsp3) is 0.316. The molecule has 2 aliphatic rings. The second kappa shape index (κ2) is 13.2. The number of hydrogen-bond donors (Lipinski definition) is 5. The van der Waals surface area contributed by atoms with Crippen molar-refractivity contribution < 1.29 is 9.90 Å². The highest BCUT2D eigenvalue weighted by atomic mass is 16.3. The number of nitrogens with two attached hydrogens (primary N) is 1. The molecule has 1 unspecified atom stereocenters. The average Bonchev–Trinajstić information content (AvgIpc) is 3.85. The fourth-order valence-corrected chi connectivity index (χ4v) is 7.63. The number of nitrogens with zero attached hydrogens (tertiary/aromatic N) is 5. The molecule has 0 bridgehead atoms. The van der Waals surface area contributed by atoms with Crippen molar-refractivity contribution in [2.75, 3.05) is 39.3 Å². The number of amides is 1. The molecular formula is C38H43N9O2. The fourth-order valence-electron chi connectivity index (χ4n) is 7.63. The van der Waals surface area contributed by atoms with E-state index < -0.39 is 0 Å². The van der Waals surface area contributed by atoms with Crippen molar-refractivity contribution in [1.82, 2.24) is 39.5 Å². The number of H-pyrrole nitrogens is 1. The summed E-state index contributed by atoms with van der Waals surface area (Å²) in [6.45, 7) is 8.75. The number of phenolic OH excluding ortho intramolecular Hbond substituents is 1. The molecule has 1 atom stereocenters. The summed E-state index contributed by atoms with van der Waals surface area (Å²) in [7, 11) is 2.01. The van der Waals surface area contributed by atoms with Gasteiger partial charge in [-0.1, -0.05) is 30.3 Å². The Bertz CT molecular complexity index is 2140. The van der Waals surface area contributed by atoms with Crippen LogP contribution < -0.4 is 16.4 Å². The Balaban J connectivity index is 1.04. The molecule has 5 heterocycles. The highest BCUT2D eigenvalue weighted by molar-refractivity contribution is 6.01. The van der Waals surface area contributed by atoms with Crippen molar-refractivity contribution in [3.63, 3.8) is 0 Å². The number of aromatic hydroxyl groups is 1. The van der Waals surface area contributed by atoms with Crippen LogP contribution in [0.15, 0.2) is 79.4 Å². The molecule has 3 aromatic carbocycles. The van der Waals surface area contributed by atoms with Gasteiger partial charge in [-0.2, -0.15) is 0 Å². The summed E-state index contributed by atoms with van der Waals surface area (Å²) in [6, 6.07) is 19.6. The quantitative estimate of drug-likeness (QED) is 0.143. The van der Waals surface area contributed by atoms with Crippen LogP contribution in [0.1, 0.15) is 50.0 Å². The third-order valence-electron chi connectivity index (χ3n) is 10.0. The van der Waals surface area contributed by atoms with E-state index in [-0.39, 0.29) is 17.7 Å². The number of rotatable bonds is 11. The van der Waals surface area contributed by atoms with Gasteiger partial charge in [0.05, 0.1) is 24.6 Å². The van der Waals surface area contributed by atoms with Gasteiger partial charge in [0.1, 0.15) is 5.75 Å². The molecule has 252 valence electrons. The van der Waals surface area contributed by atoms with Crippen LogP contribution in [0.25, 0.3) is 21.8 Å². The Labute approximate surface area is 285 Å². The molecule has 6 aromatic rings. The van der Waals surface area contributed by atoms with Crippen molar-refractivity contribution in [3.8, 4) is 5.75 Å². The maximum absolute atomic E-state index is 12.9. The van der Waals surface area contributed by atoms with Crippen LogP contribution in [-0.4, -0.2) is 79.2 Å². The third-order valence-corrected chi connectivity index (χ3v) is 10.0. The molecule has 2 aliphatic heterocycles. The Hall–Kier alpha value is -4.94. The molecular weight excluding hydrogens is 614 g/mol. The number of aryl methyl sites for hydroxylation is 1. The Morgan fingerprint density at radius 1 is 0.959 bits per heavy atom. The van der Waals surface area contributed by atoms with E-state index in [1.54, 1.807) is 18.2 Å². The first-order chi connectivity index (χ1) is 23.9. The van der Waals surface area contributed by atoms with Crippen molar-refractivity contribution in [1.29, 1.82) is 0 Å². The van der Waals surface area contributed by atoms with Crippen LogP contribution in [0.2, 0.25) is 0 Å². The lowest BCUT2D eigenvalue weighted by Gasteiger charge is -2.34. The average molecular weight is 658 g/mol. The molecule has 3 aromatic heterocycles. The number of carbonyl (C=O) groups excluding carboxylic acids is 1. The third kappa shape index (κ3) is 6.22. The number of aromatic amines is 1. The van der Waals surface area contributed by atoms with Gasteiger partial charge in [0.2, 0.25) is 0 Å². The van der Waals surface area contributed by atoms with Gasteiger partial charge in [0.15, 0.2) is 0 Å². The van der Waals surface area contributed by atoms with E-state index in [0.717, 1.165) is 72.7 Å². The number of imidazole rings is 1. The van der Waals surface area contributed by atoms with Crippen LogP contribution in [0.5, 0.6) is 5.75 Å². The summed E-state index contributed by atoms with van der Waals surface area (Å²) in [5, 5.41) is 19.4. The highest BCUT2D eigenvalue weighted by Gasteiger charge is 2.33. The first-order valence-electron chi connectivity index (χ1n) is 17.1. The van der Waals surface area contributed by atoms with E-state index in [1.807, 2.05) is 30.1 Å². The second-order valence-corrected chi connectivity index (χ2v) is 13.4. The largest absolute Gasteiger partial charge is 0.508 e. The summed E-state index contributed by atoms with van der Waals surface area (Å²) in [4.78, 5) is 26.1. The van der Waals surface area contributed by atoms with Gasteiger partial charge in [-0.05, 0) is 47.0 Å². The van der Waals surface area contributed by atoms with Gasteiger partial charge in [0.25, 0.3) is 5.91 Å².